The van der Waals surface area contributed by atoms with Crippen molar-refractivity contribution in [1.29, 1.82) is 0 Å². The quantitative estimate of drug-likeness (QED) is 0.273. The minimum absolute atomic E-state index is 0.936. The second-order valence-corrected chi connectivity index (χ2v) is 7.86. The van der Waals surface area contributed by atoms with Crippen LogP contribution >= 0.6 is 0 Å². The second kappa shape index (κ2) is 6.46. The van der Waals surface area contributed by atoms with Gasteiger partial charge in [-0.3, -0.25) is 0 Å². The number of rotatable bonds is 2. The highest BCUT2D eigenvalue weighted by Gasteiger charge is 2.11. The molecule has 0 radical (unpaired) electrons. The number of hydrogen-bond donors (Lipinski definition) is 0. The van der Waals surface area contributed by atoms with Crippen LogP contribution in [0.1, 0.15) is 11.1 Å². The van der Waals surface area contributed by atoms with E-state index in [1.165, 1.54) is 54.2 Å². The summed E-state index contributed by atoms with van der Waals surface area (Å²) in [6.45, 7) is 0. The largest absolute Gasteiger partial charge is 0.0622 e. The van der Waals surface area contributed by atoms with E-state index < -0.39 is 0 Å². The Bertz CT molecular complexity index is 1410. The average Bonchev–Trinajstić information content (AvgIpc) is 2.77. The number of benzene rings is 6. The van der Waals surface area contributed by atoms with Gasteiger partial charge in [0.15, 0.2) is 0 Å². The molecular formula is C29H20. The zero-order chi connectivity index (χ0) is 19.2. The first-order chi connectivity index (χ1) is 14.3. The van der Waals surface area contributed by atoms with E-state index in [-0.39, 0.29) is 0 Å². The van der Waals surface area contributed by atoms with E-state index in [0.717, 1.165) is 6.42 Å². The van der Waals surface area contributed by atoms with E-state index in [9.17, 15) is 0 Å². The smallest absolute Gasteiger partial charge is 0.00134 e. The van der Waals surface area contributed by atoms with Gasteiger partial charge >= 0.3 is 0 Å². The lowest BCUT2D eigenvalue weighted by Gasteiger charge is -2.14. The highest BCUT2D eigenvalue weighted by atomic mass is 14.1. The highest BCUT2D eigenvalue weighted by molar-refractivity contribution is 6.10. The zero-order valence-corrected chi connectivity index (χ0v) is 16.1. The molecule has 0 fully saturated rings. The van der Waals surface area contributed by atoms with Gasteiger partial charge in [0.2, 0.25) is 0 Å². The molecule has 6 aromatic rings. The van der Waals surface area contributed by atoms with Crippen LogP contribution in [0.2, 0.25) is 0 Å². The summed E-state index contributed by atoms with van der Waals surface area (Å²) in [5.74, 6) is 0. The maximum absolute atomic E-state index is 2.37. The molecule has 0 amide bonds. The molecule has 0 heterocycles. The SMILES string of the molecule is c1ccc(Cc2c3cc4ccccc4cc3cc3cc4ccccc4cc23)cc1. The van der Waals surface area contributed by atoms with Crippen molar-refractivity contribution in [2.75, 3.05) is 0 Å². The molecule has 0 spiro atoms. The molecule has 0 bridgehead atoms. The van der Waals surface area contributed by atoms with Gasteiger partial charge in [0.25, 0.3) is 0 Å². The first-order valence-electron chi connectivity index (χ1n) is 10.2. The molecule has 0 aliphatic rings. The van der Waals surface area contributed by atoms with E-state index >= 15 is 0 Å². The molecule has 0 unspecified atom stereocenters. The molecule has 0 nitrogen and oxygen atoms in total. The Kier molecular flexibility index (Phi) is 3.64. The summed E-state index contributed by atoms with van der Waals surface area (Å²) >= 11 is 0. The van der Waals surface area contributed by atoms with Gasteiger partial charge in [0, 0.05) is 0 Å². The van der Waals surface area contributed by atoms with Crippen LogP contribution < -0.4 is 0 Å². The van der Waals surface area contributed by atoms with E-state index in [1.54, 1.807) is 0 Å². The van der Waals surface area contributed by atoms with Crippen LogP contribution in [0.15, 0.2) is 109 Å². The Balaban J connectivity index is 1.75. The van der Waals surface area contributed by atoms with Crippen LogP contribution in [0.3, 0.4) is 0 Å². The third kappa shape index (κ3) is 2.77. The predicted octanol–water partition coefficient (Wildman–Crippen LogP) is 7.89. The van der Waals surface area contributed by atoms with Crippen LogP contribution in [0.25, 0.3) is 43.1 Å². The van der Waals surface area contributed by atoms with Crippen LogP contribution in [-0.2, 0) is 6.42 Å². The van der Waals surface area contributed by atoms with Crippen LogP contribution in [0.5, 0.6) is 0 Å². The monoisotopic (exact) mass is 368 g/mol. The van der Waals surface area contributed by atoms with Crippen molar-refractivity contribution in [2.24, 2.45) is 0 Å². The summed E-state index contributed by atoms with van der Waals surface area (Å²) in [7, 11) is 0. The fraction of sp³-hybridized carbons (Fsp3) is 0.0345. The van der Waals surface area contributed by atoms with Gasteiger partial charge in [0.05, 0.1) is 0 Å². The minimum atomic E-state index is 0.936. The van der Waals surface area contributed by atoms with Gasteiger partial charge in [-0.05, 0) is 91.0 Å². The van der Waals surface area contributed by atoms with Crippen molar-refractivity contribution < 1.29 is 0 Å². The van der Waals surface area contributed by atoms with Crippen molar-refractivity contribution in [3.63, 3.8) is 0 Å². The fourth-order valence-electron chi connectivity index (χ4n) is 4.58. The molecule has 0 heteroatoms. The Hall–Kier alpha value is -3.64. The molecule has 0 atom stereocenters. The highest BCUT2D eigenvalue weighted by Crippen LogP contribution is 2.35. The van der Waals surface area contributed by atoms with Crippen molar-refractivity contribution in [3.8, 4) is 0 Å². The molecule has 0 saturated heterocycles. The second-order valence-electron chi connectivity index (χ2n) is 7.86. The molecule has 0 aliphatic heterocycles. The first kappa shape index (κ1) is 16.3. The Morgan fingerprint density at radius 2 is 0.793 bits per heavy atom. The molecule has 0 N–H and O–H groups in total. The summed E-state index contributed by atoms with van der Waals surface area (Å²) in [4.78, 5) is 0. The average molecular weight is 368 g/mol. The third-order valence-corrected chi connectivity index (χ3v) is 6.02. The van der Waals surface area contributed by atoms with E-state index in [2.05, 4.69) is 109 Å². The van der Waals surface area contributed by atoms with Gasteiger partial charge in [-0.1, -0.05) is 78.9 Å². The summed E-state index contributed by atoms with van der Waals surface area (Å²) in [6, 6.07) is 39.9. The third-order valence-electron chi connectivity index (χ3n) is 6.02. The fourth-order valence-corrected chi connectivity index (χ4v) is 4.58. The topological polar surface area (TPSA) is 0 Å². The summed E-state index contributed by atoms with van der Waals surface area (Å²) in [6.07, 6.45) is 0.936. The van der Waals surface area contributed by atoms with E-state index in [0.29, 0.717) is 0 Å². The van der Waals surface area contributed by atoms with Crippen molar-refractivity contribution >= 4 is 43.1 Å². The molecule has 0 saturated carbocycles. The van der Waals surface area contributed by atoms with Crippen LogP contribution in [0, 0.1) is 0 Å². The molecule has 6 rings (SSSR count). The van der Waals surface area contributed by atoms with Crippen LogP contribution in [0.4, 0.5) is 0 Å². The zero-order valence-electron chi connectivity index (χ0n) is 16.1. The van der Waals surface area contributed by atoms with Gasteiger partial charge in [0.1, 0.15) is 0 Å². The maximum Gasteiger partial charge on any atom is -0.00134 e. The first-order valence-corrected chi connectivity index (χ1v) is 10.2. The van der Waals surface area contributed by atoms with E-state index in [1.807, 2.05) is 0 Å². The van der Waals surface area contributed by atoms with Gasteiger partial charge in [-0.2, -0.15) is 0 Å². The van der Waals surface area contributed by atoms with Gasteiger partial charge in [-0.15, -0.1) is 0 Å². The van der Waals surface area contributed by atoms with Crippen molar-refractivity contribution in [3.05, 3.63) is 120 Å². The van der Waals surface area contributed by atoms with Gasteiger partial charge < -0.3 is 0 Å². The molecule has 136 valence electrons. The normalized spacial score (nSPS) is 11.6. The molecule has 29 heavy (non-hydrogen) atoms. The molecule has 0 aromatic heterocycles. The lowest BCUT2D eigenvalue weighted by Crippen LogP contribution is -1.93. The van der Waals surface area contributed by atoms with Crippen molar-refractivity contribution in [2.45, 2.75) is 6.42 Å². The van der Waals surface area contributed by atoms with Crippen LogP contribution in [-0.4, -0.2) is 0 Å². The lowest BCUT2D eigenvalue weighted by molar-refractivity contribution is 1.23. The van der Waals surface area contributed by atoms with E-state index in [4.69, 9.17) is 0 Å². The standard InChI is InChI=1S/C29H20/c1-2-8-20(9-3-1)14-29-27-18-23-12-6-4-10-21(23)15-25(27)17-26-16-22-11-5-7-13-24(22)19-28(26)29/h1-13,15-19H,14H2. The van der Waals surface area contributed by atoms with Crippen molar-refractivity contribution in [1.82, 2.24) is 0 Å². The number of fused-ring (bicyclic) bond motifs is 4. The summed E-state index contributed by atoms with van der Waals surface area (Å²) in [5, 5.41) is 10.5. The molecule has 0 aliphatic carbocycles. The maximum atomic E-state index is 2.37. The molecule has 6 aromatic carbocycles. The molecular weight excluding hydrogens is 348 g/mol. The Morgan fingerprint density at radius 3 is 1.31 bits per heavy atom. The predicted molar refractivity (Wildman–Crippen MR) is 126 cm³/mol. The Labute approximate surface area is 170 Å². The summed E-state index contributed by atoms with van der Waals surface area (Å²) in [5.41, 5.74) is 2.77. The minimum Gasteiger partial charge on any atom is -0.0622 e. The Morgan fingerprint density at radius 1 is 0.379 bits per heavy atom. The number of hydrogen-bond acceptors (Lipinski definition) is 0. The lowest BCUT2D eigenvalue weighted by atomic mass is 9.89. The summed E-state index contributed by atoms with van der Waals surface area (Å²) < 4.78 is 0. The van der Waals surface area contributed by atoms with Gasteiger partial charge in [-0.25, -0.2) is 0 Å².